The Morgan fingerprint density at radius 2 is 1.67 bits per heavy atom. The highest BCUT2D eigenvalue weighted by Crippen LogP contribution is 2.25. The Morgan fingerprint density at radius 3 is 2.30 bits per heavy atom. The number of piperazine rings is 1. The van der Waals surface area contributed by atoms with Crippen LogP contribution in [0.2, 0.25) is 0 Å². The molecule has 0 atom stereocenters. The highest BCUT2D eigenvalue weighted by molar-refractivity contribution is 7.88. The number of phenols is 1. The maximum absolute atomic E-state index is 13.4. The normalized spacial score (nSPS) is 16.1. The Balaban J connectivity index is 1.56. The highest BCUT2D eigenvalue weighted by Gasteiger charge is 2.23. The van der Waals surface area contributed by atoms with Crippen LogP contribution in [-0.2, 0) is 10.0 Å². The number of nitrogens with zero attached hydrogens (tertiary/aromatic N) is 5. The van der Waals surface area contributed by atoms with Crippen LogP contribution in [0.15, 0.2) is 36.4 Å². The van der Waals surface area contributed by atoms with Gasteiger partial charge in [-0.05, 0) is 24.3 Å². The molecule has 4 rings (SSSR count). The van der Waals surface area contributed by atoms with Gasteiger partial charge in [-0.1, -0.05) is 5.21 Å². The van der Waals surface area contributed by atoms with E-state index in [0.717, 1.165) is 17.4 Å². The molecule has 1 saturated heterocycles. The predicted octanol–water partition coefficient (Wildman–Crippen LogP) is 1.35. The van der Waals surface area contributed by atoms with E-state index in [2.05, 4.69) is 15.2 Å². The summed E-state index contributed by atoms with van der Waals surface area (Å²) in [6, 6.07) is 9.98. The van der Waals surface area contributed by atoms with E-state index in [1.807, 2.05) is 24.3 Å². The number of phenolic OH excluding ortho intramolecular Hbond substituents is 1. The molecule has 0 spiro atoms. The predicted molar refractivity (Wildman–Crippen MR) is 99.1 cm³/mol. The monoisotopic (exact) mass is 391 g/mol. The number of sulfonamides is 1. The minimum absolute atomic E-state index is 0.353. The molecule has 1 N–H and O–H groups in total. The van der Waals surface area contributed by atoms with E-state index in [0.29, 0.717) is 37.2 Å². The maximum atomic E-state index is 13.4. The Morgan fingerprint density at radius 1 is 1.04 bits per heavy atom. The van der Waals surface area contributed by atoms with Crippen LogP contribution in [0.1, 0.15) is 0 Å². The first-order chi connectivity index (χ1) is 12.8. The molecule has 1 aromatic heterocycles. The summed E-state index contributed by atoms with van der Waals surface area (Å²) in [6.07, 6.45) is 1.23. The van der Waals surface area contributed by atoms with Crippen molar-refractivity contribution in [3.63, 3.8) is 0 Å². The van der Waals surface area contributed by atoms with Crippen LogP contribution in [0.3, 0.4) is 0 Å². The van der Waals surface area contributed by atoms with Crippen molar-refractivity contribution < 1.29 is 17.9 Å². The molecule has 0 aliphatic carbocycles. The van der Waals surface area contributed by atoms with Crippen LogP contribution < -0.4 is 4.90 Å². The third-order valence-electron chi connectivity index (χ3n) is 4.68. The molecule has 1 aliphatic rings. The Bertz CT molecular complexity index is 1090. The summed E-state index contributed by atoms with van der Waals surface area (Å²) in [5, 5.41) is 17.6. The summed E-state index contributed by atoms with van der Waals surface area (Å²) in [4.78, 5) is 2.12. The Labute approximate surface area is 155 Å². The molecular formula is C17H18FN5O3S. The molecule has 0 bridgehead atoms. The van der Waals surface area contributed by atoms with E-state index in [1.54, 1.807) is 0 Å². The van der Waals surface area contributed by atoms with Gasteiger partial charge in [0, 0.05) is 44.0 Å². The summed E-state index contributed by atoms with van der Waals surface area (Å²) < 4.78 is 39.7. The van der Waals surface area contributed by atoms with Gasteiger partial charge >= 0.3 is 0 Å². The quantitative estimate of drug-likeness (QED) is 0.725. The van der Waals surface area contributed by atoms with E-state index in [9.17, 15) is 17.9 Å². The molecule has 0 radical (unpaired) electrons. The van der Waals surface area contributed by atoms with Gasteiger partial charge in [0.15, 0.2) is 11.6 Å². The van der Waals surface area contributed by atoms with Crippen LogP contribution in [-0.4, -0.2) is 65.3 Å². The topological polar surface area (TPSA) is 91.6 Å². The van der Waals surface area contributed by atoms with Gasteiger partial charge in [-0.25, -0.2) is 17.5 Å². The number of aromatic nitrogens is 3. The Hall–Kier alpha value is -2.72. The summed E-state index contributed by atoms with van der Waals surface area (Å²) >= 11 is 0. The molecular weight excluding hydrogens is 373 g/mol. The van der Waals surface area contributed by atoms with E-state index in [-0.39, 0.29) is 0 Å². The number of benzene rings is 2. The maximum Gasteiger partial charge on any atom is 0.211 e. The van der Waals surface area contributed by atoms with E-state index < -0.39 is 21.6 Å². The van der Waals surface area contributed by atoms with Crippen LogP contribution in [0.5, 0.6) is 5.75 Å². The van der Waals surface area contributed by atoms with E-state index in [1.165, 1.54) is 21.3 Å². The zero-order chi connectivity index (χ0) is 19.2. The van der Waals surface area contributed by atoms with Crippen molar-refractivity contribution in [3.05, 3.63) is 42.2 Å². The minimum atomic E-state index is -3.15. The zero-order valence-electron chi connectivity index (χ0n) is 14.6. The molecule has 0 saturated carbocycles. The third-order valence-corrected chi connectivity index (χ3v) is 5.98. The molecule has 2 heterocycles. The molecule has 1 aliphatic heterocycles. The molecule has 8 nitrogen and oxygen atoms in total. The number of hydrogen-bond donors (Lipinski definition) is 1. The van der Waals surface area contributed by atoms with E-state index in [4.69, 9.17) is 0 Å². The number of halogens is 1. The smallest absolute Gasteiger partial charge is 0.211 e. The molecule has 0 unspecified atom stereocenters. The lowest BCUT2D eigenvalue weighted by Gasteiger charge is -2.34. The fourth-order valence-electron chi connectivity index (χ4n) is 3.20. The summed E-state index contributed by atoms with van der Waals surface area (Å²) in [5.74, 6) is -1.19. The molecule has 1 fully saturated rings. The average molecular weight is 391 g/mol. The largest absolute Gasteiger partial charge is 0.505 e. The van der Waals surface area contributed by atoms with Crippen molar-refractivity contribution in [2.75, 3.05) is 37.3 Å². The van der Waals surface area contributed by atoms with Gasteiger partial charge in [0.1, 0.15) is 5.52 Å². The van der Waals surface area contributed by atoms with Crippen molar-refractivity contribution in [1.82, 2.24) is 19.3 Å². The standard InChI is InChI=1S/C17H18FN5O3S/c1-27(25,26)22-8-6-21(7-9-22)12-2-4-13(5-3-12)23-16-11-17(24)14(18)10-15(16)19-20-23/h2-5,10-11,24H,6-9H2,1H3. The van der Waals surface area contributed by atoms with Gasteiger partial charge in [-0.3, -0.25) is 0 Å². The van der Waals surface area contributed by atoms with Gasteiger partial charge in [0.2, 0.25) is 10.0 Å². The van der Waals surface area contributed by atoms with Gasteiger partial charge in [0.25, 0.3) is 0 Å². The second-order valence-electron chi connectivity index (χ2n) is 6.46. The fraction of sp³-hybridized carbons (Fsp3) is 0.294. The number of aromatic hydroxyl groups is 1. The SMILES string of the molecule is CS(=O)(=O)N1CCN(c2ccc(-n3nnc4cc(F)c(O)cc43)cc2)CC1. The lowest BCUT2D eigenvalue weighted by molar-refractivity contribution is 0.388. The summed E-state index contributed by atoms with van der Waals surface area (Å²) in [6.45, 7) is 2.15. The number of rotatable bonds is 3. The van der Waals surface area contributed by atoms with Crippen molar-refractivity contribution in [2.24, 2.45) is 0 Å². The van der Waals surface area contributed by atoms with Gasteiger partial charge < -0.3 is 10.0 Å². The lowest BCUT2D eigenvalue weighted by Crippen LogP contribution is -2.48. The average Bonchev–Trinajstić information content (AvgIpc) is 3.04. The van der Waals surface area contributed by atoms with E-state index >= 15 is 0 Å². The second kappa shape index (κ2) is 6.46. The second-order valence-corrected chi connectivity index (χ2v) is 8.44. The molecule has 10 heteroatoms. The minimum Gasteiger partial charge on any atom is -0.505 e. The van der Waals surface area contributed by atoms with Crippen molar-refractivity contribution in [2.45, 2.75) is 0 Å². The zero-order valence-corrected chi connectivity index (χ0v) is 15.4. The third kappa shape index (κ3) is 3.33. The summed E-state index contributed by atoms with van der Waals surface area (Å²) in [5.41, 5.74) is 2.56. The van der Waals surface area contributed by atoms with Gasteiger partial charge in [-0.15, -0.1) is 5.10 Å². The molecule has 0 amide bonds. The van der Waals surface area contributed by atoms with Gasteiger partial charge in [0.05, 0.1) is 17.5 Å². The molecule has 142 valence electrons. The molecule has 2 aromatic carbocycles. The number of anilines is 1. The van der Waals surface area contributed by atoms with Crippen LogP contribution >= 0.6 is 0 Å². The number of hydrogen-bond acceptors (Lipinski definition) is 6. The van der Waals surface area contributed by atoms with Crippen molar-refractivity contribution in [1.29, 1.82) is 0 Å². The first kappa shape index (κ1) is 17.7. The van der Waals surface area contributed by atoms with Gasteiger partial charge in [-0.2, -0.15) is 4.31 Å². The fourth-order valence-corrected chi connectivity index (χ4v) is 4.03. The highest BCUT2D eigenvalue weighted by atomic mass is 32.2. The molecule has 3 aromatic rings. The lowest BCUT2D eigenvalue weighted by atomic mass is 10.2. The summed E-state index contributed by atoms with van der Waals surface area (Å²) in [7, 11) is -3.15. The van der Waals surface area contributed by atoms with Crippen LogP contribution in [0.25, 0.3) is 16.7 Å². The Kier molecular flexibility index (Phi) is 4.23. The van der Waals surface area contributed by atoms with Crippen LogP contribution in [0.4, 0.5) is 10.1 Å². The molecule has 27 heavy (non-hydrogen) atoms. The van der Waals surface area contributed by atoms with Crippen LogP contribution in [0, 0.1) is 5.82 Å². The first-order valence-electron chi connectivity index (χ1n) is 8.37. The van der Waals surface area contributed by atoms with Crippen molar-refractivity contribution >= 4 is 26.7 Å². The van der Waals surface area contributed by atoms with Crippen molar-refractivity contribution in [3.8, 4) is 11.4 Å². The number of fused-ring (bicyclic) bond motifs is 1. The first-order valence-corrected chi connectivity index (χ1v) is 10.2.